The number of hydrogen-bond donors (Lipinski definition) is 0. The average Bonchev–Trinajstić information content (AvgIpc) is 3.75. The minimum atomic E-state index is -0.205. The summed E-state index contributed by atoms with van der Waals surface area (Å²) in [5.41, 5.74) is 18.4. The molecule has 0 fully saturated rings. The van der Waals surface area contributed by atoms with Gasteiger partial charge in [0.25, 0.3) is 0 Å². The van der Waals surface area contributed by atoms with Gasteiger partial charge in [0.05, 0.1) is 22.2 Å². The van der Waals surface area contributed by atoms with Gasteiger partial charge in [0.1, 0.15) is 0 Å². The van der Waals surface area contributed by atoms with E-state index < -0.39 is 0 Å². The van der Waals surface area contributed by atoms with Gasteiger partial charge in [-0.2, -0.15) is 0 Å². The van der Waals surface area contributed by atoms with E-state index in [1.807, 2.05) is 12.1 Å². The number of nitrogens with zero attached hydrogens (tertiary/aromatic N) is 3. The van der Waals surface area contributed by atoms with Crippen LogP contribution in [-0.4, -0.2) is 14.5 Å². The Balaban J connectivity index is 1.21. The van der Waals surface area contributed by atoms with Gasteiger partial charge >= 0.3 is 0 Å². The van der Waals surface area contributed by atoms with Gasteiger partial charge in [0.2, 0.25) is 0 Å². The van der Waals surface area contributed by atoms with Crippen LogP contribution in [0.15, 0.2) is 152 Å². The van der Waals surface area contributed by atoms with Crippen molar-refractivity contribution in [3.05, 3.63) is 174 Å². The summed E-state index contributed by atoms with van der Waals surface area (Å²) in [5.74, 6) is 0.727. The van der Waals surface area contributed by atoms with Gasteiger partial charge in [-0.1, -0.05) is 143 Å². The molecule has 2 aliphatic rings. The van der Waals surface area contributed by atoms with E-state index in [4.69, 9.17) is 9.97 Å². The molecule has 11 rings (SSSR count). The second-order valence-corrected chi connectivity index (χ2v) is 15.7. The van der Waals surface area contributed by atoms with Crippen molar-refractivity contribution in [2.75, 3.05) is 0 Å². The van der Waals surface area contributed by atoms with E-state index in [0.717, 1.165) is 39.2 Å². The van der Waals surface area contributed by atoms with Gasteiger partial charge in [0, 0.05) is 43.8 Å². The zero-order valence-corrected chi connectivity index (χ0v) is 30.3. The minimum absolute atomic E-state index is 0.152. The van der Waals surface area contributed by atoms with Crippen LogP contribution in [0, 0.1) is 0 Å². The molecule has 9 aromatic rings. The number of para-hydroxylation sites is 2. The highest BCUT2D eigenvalue weighted by molar-refractivity contribution is 6.22. The third-order valence-corrected chi connectivity index (χ3v) is 12.1. The van der Waals surface area contributed by atoms with Crippen LogP contribution in [0.4, 0.5) is 0 Å². The van der Waals surface area contributed by atoms with E-state index in [2.05, 4.69) is 172 Å². The number of rotatable bonds is 3. The lowest BCUT2D eigenvalue weighted by Crippen LogP contribution is -2.19. The fraction of sp³-hybridized carbons (Fsp3) is 0.120. The molecule has 0 atom stereocenters. The molecule has 0 unspecified atom stereocenters. The monoisotopic (exact) mass is 679 g/mol. The topological polar surface area (TPSA) is 30.7 Å². The molecule has 2 aliphatic carbocycles. The molecule has 0 saturated heterocycles. The van der Waals surface area contributed by atoms with E-state index in [1.165, 1.54) is 66.3 Å². The molecule has 7 aromatic carbocycles. The number of aromatic nitrogens is 3. The zero-order valence-electron chi connectivity index (χ0n) is 30.3. The summed E-state index contributed by atoms with van der Waals surface area (Å²) in [7, 11) is 0. The van der Waals surface area contributed by atoms with Crippen molar-refractivity contribution >= 4 is 32.7 Å². The Kier molecular flexibility index (Phi) is 6.07. The molecule has 252 valence electrons. The highest BCUT2D eigenvalue weighted by Gasteiger charge is 2.47. The van der Waals surface area contributed by atoms with Crippen LogP contribution in [0.1, 0.15) is 49.9 Å². The van der Waals surface area contributed by atoms with E-state index in [9.17, 15) is 0 Å². The molecule has 0 aliphatic heterocycles. The Labute approximate surface area is 309 Å². The van der Waals surface area contributed by atoms with Gasteiger partial charge in [-0.05, 0) is 80.9 Å². The van der Waals surface area contributed by atoms with Crippen molar-refractivity contribution in [3.8, 4) is 50.6 Å². The predicted molar refractivity (Wildman–Crippen MR) is 220 cm³/mol. The SMILES string of the molecule is CC1(C)c2ccccc2-c2c1c1c(c3c2c2ccccc2n3-c2ccc(-c3nc(-c4ccccc4)c4ccccc4n3)cc2)C(C)(C)c2ccccc2-1. The fourth-order valence-corrected chi connectivity index (χ4v) is 9.81. The molecule has 3 heteroatoms. The Hall–Kier alpha value is -6.32. The summed E-state index contributed by atoms with van der Waals surface area (Å²) in [6, 6.07) is 54.8. The molecule has 0 bridgehead atoms. The molecule has 3 nitrogen and oxygen atoms in total. The maximum absolute atomic E-state index is 5.18. The molecule has 0 amide bonds. The van der Waals surface area contributed by atoms with E-state index >= 15 is 0 Å². The summed E-state index contributed by atoms with van der Waals surface area (Å²) < 4.78 is 2.53. The summed E-state index contributed by atoms with van der Waals surface area (Å²) in [5, 5.41) is 3.69. The van der Waals surface area contributed by atoms with E-state index in [0.29, 0.717) is 0 Å². The first-order valence-corrected chi connectivity index (χ1v) is 18.6. The van der Waals surface area contributed by atoms with Gasteiger partial charge < -0.3 is 4.57 Å². The third-order valence-electron chi connectivity index (χ3n) is 12.1. The van der Waals surface area contributed by atoms with Gasteiger partial charge in [0.15, 0.2) is 5.82 Å². The molecular weight excluding hydrogens is 643 g/mol. The van der Waals surface area contributed by atoms with Gasteiger partial charge in [-0.15, -0.1) is 0 Å². The number of benzene rings is 7. The molecule has 0 spiro atoms. The smallest absolute Gasteiger partial charge is 0.160 e. The molecule has 2 aromatic heterocycles. The van der Waals surface area contributed by atoms with Crippen LogP contribution < -0.4 is 0 Å². The Morgan fingerprint density at radius 3 is 1.79 bits per heavy atom. The van der Waals surface area contributed by atoms with Crippen LogP contribution >= 0.6 is 0 Å². The normalized spacial score (nSPS) is 14.7. The minimum Gasteiger partial charge on any atom is -0.309 e. The van der Waals surface area contributed by atoms with Crippen LogP contribution in [0.5, 0.6) is 0 Å². The van der Waals surface area contributed by atoms with E-state index in [1.54, 1.807) is 0 Å². The van der Waals surface area contributed by atoms with Crippen molar-refractivity contribution in [1.82, 2.24) is 14.5 Å². The van der Waals surface area contributed by atoms with Crippen molar-refractivity contribution in [2.24, 2.45) is 0 Å². The Bertz CT molecular complexity index is 2980. The summed E-state index contributed by atoms with van der Waals surface area (Å²) >= 11 is 0. The van der Waals surface area contributed by atoms with Crippen LogP contribution in [0.25, 0.3) is 83.3 Å². The summed E-state index contributed by atoms with van der Waals surface area (Å²) in [6.07, 6.45) is 0. The van der Waals surface area contributed by atoms with Crippen LogP contribution in [0.2, 0.25) is 0 Å². The lowest BCUT2D eigenvalue weighted by atomic mass is 9.76. The van der Waals surface area contributed by atoms with Crippen molar-refractivity contribution in [2.45, 2.75) is 38.5 Å². The Morgan fingerprint density at radius 2 is 1.06 bits per heavy atom. The zero-order chi connectivity index (χ0) is 35.6. The van der Waals surface area contributed by atoms with Crippen LogP contribution in [0.3, 0.4) is 0 Å². The quantitative estimate of drug-likeness (QED) is 0.186. The van der Waals surface area contributed by atoms with Crippen LogP contribution in [-0.2, 0) is 10.8 Å². The maximum atomic E-state index is 5.18. The summed E-state index contributed by atoms with van der Waals surface area (Å²) in [6.45, 7) is 9.69. The highest BCUT2D eigenvalue weighted by Crippen LogP contribution is 2.63. The third kappa shape index (κ3) is 4.00. The van der Waals surface area contributed by atoms with Crippen molar-refractivity contribution in [1.29, 1.82) is 0 Å². The average molecular weight is 680 g/mol. The second-order valence-electron chi connectivity index (χ2n) is 15.7. The van der Waals surface area contributed by atoms with Crippen molar-refractivity contribution in [3.63, 3.8) is 0 Å². The lowest BCUT2D eigenvalue weighted by Gasteiger charge is -2.28. The standard InChI is InChI=1S/C50H37N3/c1-49(2)37-22-12-8-18-33(37)41-42-36-21-11-15-25-40(36)53(47(42)45-43(44(41)49)34-19-9-13-23-38(34)50(45,3)4)32-28-26-31(27-29-32)48-51-39-24-14-10-20-35(39)46(52-48)30-16-6-5-7-17-30/h5-29H,1-4H3. The predicted octanol–water partition coefficient (Wildman–Crippen LogP) is 12.7. The first kappa shape index (κ1) is 30.3. The molecular formula is C50H37N3. The molecule has 0 N–H and O–H groups in total. The Morgan fingerprint density at radius 1 is 0.472 bits per heavy atom. The second kappa shape index (κ2) is 10.6. The molecule has 53 heavy (non-hydrogen) atoms. The van der Waals surface area contributed by atoms with Crippen molar-refractivity contribution < 1.29 is 0 Å². The largest absolute Gasteiger partial charge is 0.309 e. The number of fused-ring (bicyclic) bond motifs is 13. The fourth-order valence-electron chi connectivity index (χ4n) is 9.81. The van der Waals surface area contributed by atoms with Gasteiger partial charge in [-0.25, -0.2) is 9.97 Å². The lowest BCUT2D eigenvalue weighted by molar-refractivity contribution is 0.650. The molecule has 0 radical (unpaired) electrons. The first-order valence-electron chi connectivity index (χ1n) is 18.6. The first-order chi connectivity index (χ1) is 25.8. The molecule has 2 heterocycles. The van der Waals surface area contributed by atoms with E-state index in [-0.39, 0.29) is 10.8 Å². The molecule has 0 saturated carbocycles. The summed E-state index contributed by atoms with van der Waals surface area (Å²) in [4.78, 5) is 10.2. The number of hydrogen-bond acceptors (Lipinski definition) is 2. The highest BCUT2D eigenvalue weighted by atomic mass is 15.0. The van der Waals surface area contributed by atoms with Gasteiger partial charge in [-0.3, -0.25) is 0 Å². The maximum Gasteiger partial charge on any atom is 0.160 e.